The Morgan fingerprint density at radius 2 is 2.28 bits per heavy atom. The second-order valence-electron chi connectivity index (χ2n) is 7.63. The molecule has 1 aliphatic heterocycles. The van der Waals surface area contributed by atoms with Gasteiger partial charge in [0.1, 0.15) is 23.6 Å². The molecule has 2 aliphatic rings. The quantitative estimate of drug-likeness (QED) is 0.681. The molecule has 8 nitrogen and oxygen atoms in total. The molecule has 0 aromatic carbocycles. The van der Waals surface area contributed by atoms with Crippen molar-refractivity contribution in [1.82, 2.24) is 24.9 Å². The van der Waals surface area contributed by atoms with Crippen LogP contribution in [0.3, 0.4) is 0 Å². The molecule has 160 valence electrons. The monoisotopic (exact) mass is 446 g/mol. The second kappa shape index (κ2) is 8.57. The van der Waals surface area contributed by atoms with E-state index in [1.807, 2.05) is 6.92 Å². The third-order valence-electron chi connectivity index (χ3n) is 5.88. The Hall–Kier alpha value is -1.71. The minimum atomic E-state index is -1.01. The van der Waals surface area contributed by atoms with Gasteiger partial charge in [0.2, 0.25) is 5.95 Å². The van der Waals surface area contributed by atoms with Crippen LogP contribution in [0.15, 0.2) is 6.20 Å². The first kappa shape index (κ1) is 22.0. The molecule has 3 atom stereocenters. The highest BCUT2D eigenvalue weighted by Gasteiger charge is 2.49. The Morgan fingerprint density at radius 3 is 2.90 bits per heavy atom. The Balaban J connectivity index is 0.00000240. The summed E-state index contributed by atoms with van der Waals surface area (Å²) in [5, 5.41) is 11.0. The van der Waals surface area contributed by atoms with Gasteiger partial charge in [0.05, 0.1) is 17.7 Å². The molecular formula is C18H25Cl2FN6O2. The number of hydrogen-bond acceptors (Lipinski definition) is 7. The molecule has 2 N–H and O–H groups in total. The highest BCUT2D eigenvalue weighted by Crippen LogP contribution is 2.47. The van der Waals surface area contributed by atoms with Gasteiger partial charge in [-0.3, -0.25) is 4.79 Å². The van der Waals surface area contributed by atoms with Crippen molar-refractivity contribution in [2.24, 2.45) is 0 Å². The number of nitrogens with zero attached hydrogens (tertiary/aromatic N) is 4. The number of alkyl halides is 1. The van der Waals surface area contributed by atoms with Gasteiger partial charge in [0, 0.05) is 13.5 Å². The third kappa shape index (κ3) is 4.00. The van der Waals surface area contributed by atoms with Crippen LogP contribution in [0.1, 0.15) is 45.4 Å². The molecule has 1 unspecified atom stereocenters. The molecule has 1 saturated carbocycles. The number of piperidine rings is 1. The molecule has 1 saturated heterocycles. The Labute approximate surface area is 179 Å². The molecule has 4 rings (SSSR count). The van der Waals surface area contributed by atoms with E-state index in [1.54, 1.807) is 10.7 Å². The fraction of sp³-hybridized carbons (Fsp3) is 0.667. The lowest BCUT2D eigenvalue weighted by Crippen LogP contribution is -2.47. The third-order valence-corrected chi connectivity index (χ3v) is 6.16. The number of hydrogen-bond donors (Lipinski definition) is 2. The van der Waals surface area contributed by atoms with Gasteiger partial charge in [-0.05, 0) is 32.7 Å². The Kier molecular flexibility index (Phi) is 6.50. The zero-order chi connectivity index (χ0) is 19.9. The highest BCUT2D eigenvalue weighted by atomic mass is 35.5. The Bertz CT molecular complexity index is 891. The van der Waals surface area contributed by atoms with E-state index in [0.29, 0.717) is 35.4 Å². The molecule has 11 heteroatoms. The number of esters is 1. The van der Waals surface area contributed by atoms with E-state index in [-0.39, 0.29) is 30.5 Å². The number of fused-ring (bicyclic) bond motifs is 1. The normalized spacial score (nSPS) is 24.3. The van der Waals surface area contributed by atoms with Crippen LogP contribution in [0, 0.1) is 0 Å². The lowest BCUT2D eigenvalue weighted by atomic mass is 9.64. The van der Waals surface area contributed by atoms with Crippen molar-refractivity contribution in [2.45, 2.75) is 63.3 Å². The van der Waals surface area contributed by atoms with Gasteiger partial charge in [0.25, 0.3) is 0 Å². The molecule has 0 amide bonds. The van der Waals surface area contributed by atoms with Crippen LogP contribution >= 0.6 is 24.0 Å². The number of imidazole rings is 1. The molecule has 2 fully saturated rings. The van der Waals surface area contributed by atoms with Crippen LogP contribution in [0.25, 0.3) is 5.52 Å². The maximum Gasteiger partial charge on any atom is 0.302 e. The van der Waals surface area contributed by atoms with Crippen molar-refractivity contribution in [2.75, 3.05) is 18.4 Å². The van der Waals surface area contributed by atoms with Gasteiger partial charge in [-0.15, -0.1) is 17.5 Å². The van der Waals surface area contributed by atoms with Crippen LogP contribution < -0.4 is 10.6 Å². The summed E-state index contributed by atoms with van der Waals surface area (Å²) in [6.45, 7) is 4.32. The van der Waals surface area contributed by atoms with Crippen molar-refractivity contribution >= 4 is 41.4 Å². The number of halogens is 3. The number of rotatable bonds is 5. The van der Waals surface area contributed by atoms with Crippen LogP contribution in [0.5, 0.6) is 0 Å². The van der Waals surface area contributed by atoms with E-state index in [2.05, 4.69) is 25.7 Å². The summed E-state index contributed by atoms with van der Waals surface area (Å²) in [7, 11) is 0. The van der Waals surface area contributed by atoms with E-state index >= 15 is 0 Å². The van der Waals surface area contributed by atoms with E-state index in [1.165, 1.54) is 6.92 Å². The van der Waals surface area contributed by atoms with Crippen molar-refractivity contribution in [3.8, 4) is 0 Å². The minimum Gasteiger partial charge on any atom is -0.462 e. The fourth-order valence-corrected chi connectivity index (χ4v) is 4.33. The lowest BCUT2D eigenvalue weighted by Gasteiger charge is -2.44. The summed E-state index contributed by atoms with van der Waals surface area (Å²) in [5.41, 5.74) is 0.135. The molecular weight excluding hydrogens is 422 g/mol. The van der Waals surface area contributed by atoms with E-state index in [0.717, 1.165) is 25.8 Å². The SMILES string of the molecule is CC(=O)OC(C)C1(c2nc(Cl)c3cnc(N[C@H]4CCNC[C@H]4F)nn23)CCC1.Cl. The molecule has 2 aromatic heterocycles. The van der Waals surface area contributed by atoms with Crippen LogP contribution in [0.4, 0.5) is 10.3 Å². The van der Waals surface area contributed by atoms with Gasteiger partial charge in [0.15, 0.2) is 5.15 Å². The van der Waals surface area contributed by atoms with E-state index in [9.17, 15) is 9.18 Å². The van der Waals surface area contributed by atoms with Gasteiger partial charge < -0.3 is 15.4 Å². The molecule has 29 heavy (non-hydrogen) atoms. The van der Waals surface area contributed by atoms with E-state index in [4.69, 9.17) is 16.3 Å². The van der Waals surface area contributed by atoms with Crippen LogP contribution in [-0.2, 0) is 14.9 Å². The smallest absolute Gasteiger partial charge is 0.302 e. The lowest BCUT2D eigenvalue weighted by molar-refractivity contribution is -0.151. The largest absolute Gasteiger partial charge is 0.462 e. The topological polar surface area (TPSA) is 93.4 Å². The molecule has 3 heterocycles. The summed E-state index contributed by atoms with van der Waals surface area (Å²) in [4.78, 5) is 20.3. The molecule has 0 spiro atoms. The van der Waals surface area contributed by atoms with Crippen molar-refractivity contribution in [3.63, 3.8) is 0 Å². The predicted molar refractivity (Wildman–Crippen MR) is 110 cm³/mol. The zero-order valence-corrected chi connectivity index (χ0v) is 17.9. The standard InChI is InChI=1S/C18H24ClFN6O2.ClH/c1-10(28-11(2)27)18(5-3-6-18)16-24-15(19)14-9-22-17(25-26(14)16)23-13-4-7-21-8-12(13)20;/h9-10,12-13,21H,3-8H2,1-2H3,(H,23,25);1H/t10?,12-,13+;/m1./s1. The summed E-state index contributed by atoms with van der Waals surface area (Å²) >= 11 is 6.33. The molecule has 2 aromatic rings. The van der Waals surface area contributed by atoms with Crippen LogP contribution in [-0.4, -0.2) is 57.0 Å². The maximum absolute atomic E-state index is 14.1. The molecule has 1 aliphatic carbocycles. The first-order valence-corrected chi connectivity index (χ1v) is 9.99. The van der Waals surface area contributed by atoms with E-state index < -0.39 is 11.6 Å². The zero-order valence-electron chi connectivity index (χ0n) is 16.3. The first-order chi connectivity index (χ1) is 13.4. The number of carbonyl (C=O) groups is 1. The number of ether oxygens (including phenoxy) is 1. The summed E-state index contributed by atoms with van der Waals surface area (Å²) < 4.78 is 21.3. The molecule has 0 radical (unpaired) electrons. The highest BCUT2D eigenvalue weighted by molar-refractivity contribution is 6.32. The van der Waals surface area contributed by atoms with Gasteiger partial charge in [-0.25, -0.2) is 18.9 Å². The van der Waals surface area contributed by atoms with Gasteiger partial charge in [-0.2, -0.15) is 0 Å². The average Bonchev–Trinajstić information content (AvgIpc) is 2.92. The second-order valence-corrected chi connectivity index (χ2v) is 7.98. The Morgan fingerprint density at radius 1 is 1.52 bits per heavy atom. The van der Waals surface area contributed by atoms with Gasteiger partial charge in [-0.1, -0.05) is 18.0 Å². The minimum absolute atomic E-state index is 0. The number of carbonyl (C=O) groups excluding carboxylic acids is 1. The van der Waals surface area contributed by atoms with Crippen molar-refractivity contribution in [1.29, 1.82) is 0 Å². The van der Waals surface area contributed by atoms with Gasteiger partial charge >= 0.3 is 5.97 Å². The van der Waals surface area contributed by atoms with Crippen molar-refractivity contribution < 1.29 is 13.9 Å². The van der Waals surface area contributed by atoms with Crippen molar-refractivity contribution in [3.05, 3.63) is 17.2 Å². The molecule has 0 bridgehead atoms. The fourth-order valence-electron chi connectivity index (χ4n) is 4.12. The average molecular weight is 447 g/mol. The summed E-state index contributed by atoms with van der Waals surface area (Å²) in [6.07, 6.45) is 3.52. The number of nitrogens with one attached hydrogen (secondary N) is 2. The number of anilines is 1. The number of aromatic nitrogens is 4. The predicted octanol–water partition coefficient (Wildman–Crippen LogP) is 2.68. The first-order valence-electron chi connectivity index (χ1n) is 9.61. The van der Waals surface area contributed by atoms with Crippen LogP contribution in [0.2, 0.25) is 5.15 Å². The summed E-state index contributed by atoms with van der Waals surface area (Å²) in [6, 6.07) is -0.348. The maximum atomic E-state index is 14.1. The summed E-state index contributed by atoms with van der Waals surface area (Å²) in [5.74, 6) is 0.648.